The van der Waals surface area contributed by atoms with Crippen LogP contribution in [0.1, 0.15) is 17.2 Å². The largest absolute Gasteiger partial charge is 0.496 e. The molecule has 106 valence electrons. The molecule has 0 fully saturated rings. The number of hydrogen-bond donors (Lipinski definition) is 2. The van der Waals surface area contributed by atoms with Gasteiger partial charge in [0.1, 0.15) is 11.5 Å². The topological polar surface area (TPSA) is 69.4 Å². The zero-order valence-corrected chi connectivity index (χ0v) is 11.7. The second-order valence-corrected chi connectivity index (χ2v) is 4.36. The second kappa shape index (κ2) is 6.88. The van der Waals surface area contributed by atoms with Crippen LogP contribution in [0.15, 0.2) is 42.7 Å². The Bertz CT molecular complexity index is 524. The van der Waals surface area contributed by atoms with E-state index in [1.165, 1.54) is 0 Å². The molecule has 2 rings (SSSR count). The maximum absolute atomic E-state index is 5.72. The van der Waals surface area contributed by atoms with E-state index in [2.05, 4.69) is 10.4 Å². The van der Waals surface area contributed by atoms with Crippen LogP contribution in [-0.2, 0) is 6.42 Å². The molecule has 0 aliphatic heterocycles. The first-order valence-electron chi connectivity index (χ1n) is 6.36. The van der Waals surface area contributed by atoms with E-state index in [1.54, 1.807) is 26.6 Å². The van der Waals surface area contributed by atoms with E-state index in [-0.39, 0.29) is 6.04 Å². The van der Waals surface area contributed by atoms with Crippen molar-refractivity contribution in [3.05, 3.63) is 53.9 Å². The number of hydrogen-bond acceptors (Lipinski definition) is 5. The highest BCUT2D eigenvalue weighted by Gasteiger charge is 2.20. The fourth-order valence-corrected chi connectivity index (χ4v) is 2.22. The van der Waals surface area contributed by atoms with Crippen molar-refractivity contribution in [3.8, 4) is 11.5 Å². The molecule has 0 aliphatic rings. The quantitative estimate of drug-likeness (QED) is 0.621. The molecule has 0 spiro atoms. The van der Waals surface area contributed by atoms with Crippen LogP contribution in [0.5, 0.6) is 11.5 Å². The lowest BCUT2D eigenvalue weighted by atomic mass is 9.98. The summed E-state index contributed by atoms with van der Waals surface area (Å²) in [6.07, 6.45) is 4.25. The molecule has 0 saturated heterocycles. The number of nitrogens with two attached hydrogens (primary N) is 1. The third kappa shape index (κ3) is 3.07. The molecule has 0 aliphatic carbocycles. The molecule has 1 atom stereocenters. The predicted octanol–water partition coefficient (Wildman–Crippen LogP) is 1.85. The number of hydrazine groups is 1. The monoisotopic (exact) mass is 273 g/mol. The number of pyridine rings is 1. The molecule has 0 amide bonds. The Balaban J connectivity index is 2.36. The van der Waals surface area contributed by atoms with Gasteiger partial charge in [0, 0.05) is 12.4 Å². The molecule has 5 heteroatoms. The standard InChI is InChI=1S/C15H19N3O2/c1-19-13-4-3-5-14(20-2)15(13)12(18-16)10-11-6-8-17-9-7-11/h3-9,12,18H,10,16H2,1-2H3. The van der Waals surface area contributed by atoms with Gasteiger partial charge in [-0.15, -0.1) is 0 Å². The molecule has 5 nitrogen and oxygen atoms in total. The Morgan fingerprint density at radius 3 is 2.20 bits per heavy atom. The normalized spacial score (nSPS) is 11.9. The van der Waals surface area contributed by atoms with Crippen molar-refractivity contribution in [2.75, 3.05) is 14.2 Å². The molecule has 0 bridgehead atoms. The number of rotatable bonds is 6. The van der Waals surface area contributed by atoms with Gasteiger partial charge < -0.3 is 9.47 Å². The summed E-state index contributed by atoms with van der Waals surface area (Å²) < 4.78 is 10.8. The zero-order valence-electron chi connectivity index (χ0n) is 11.7. The zero-order chi connectivity index (χ0) is 14.4. The third-order valence-corrected chi connectivity index (χ3v) is 3.20. The summed E-state index contributed by atoms with van der Waals surface area (Å²) in [5.41, 5.74) is 4.88. The van der Waals surface area contributed by atoms with E-state index in [0.717, 1.165) is 29.0 Å². The first-order chi connectivity index (χ1) is 9.80. The van der Waals surface area contributed by atoms with Gasteiger partial charge in [0.15, 0.2) is 0 Å². The van der Waals surface area contributed by atoms with E-state index >= 15 is 0 Å². The first-order valence-corrected chi connectivity index (χ1v) is 6.36. The van der Waals surface area contributed by atoms with Crippen molar-refractivity contribution < 1.29 is 9.47 Å². The highest BCUT2D eigenvalue weighted by Crippen LogP contribution is 2.35. The number of aromatic nitrogens is 1. The van der Waals surface area contributed by atoms with Crippen LogP contribution in [0.3, 0.4) is 0 Å². The summed E-state index contributed by atoms with van der Waals surface area (Å²) in [5, 5.41) is 0. The van der Waals surface area contributed by atoms with Gasteiger partial charge in [0.25, 0.3) is 0 Å². The Morgan fingerprint density at radius 2 is 1.70 bits per heavy atom. The first kappa shape index (κ1) is 14.3. The summed E-state index contributed by atoms with van der Waals surface area (Å²) in [5.74, 6) is 7.23. The van der Waals surface area contributed by atoms with Crippen molar-refractivity contribution in [2.45, 2.75) is 12.5 Å². The average molecular weight is 273 g/mol. The summed E-state index contributed by atoms with van der Waals surface area (Å²) in [6, 6.07) is 9.51. The van der Waals surface area contributed by atoms with Crippen LogP contribution in [-0.4, -0.2) is 19.2 Å². The number of nitrogens with zero attached hydrogens (tertiary/aromatic N) is 1. The molecule has 3 N–H and O–H groups in total. The molecule has 1 aromatic heterocycles. The lowest BCUT2D eigenvalue weighted by Gasteiger charge is -2.21. The molecular formula is C15H19N3O2. The van der Waals surface area contributed by atoms with Gasteiger partial charge in [0.2, 0.25) is 0 Å². The SMILES string of the molecule is COc1cccc(OC)c1C(Cc1ccncc1)NN. The maximum Gasteiger partial charge on any atom is 0.127 e. The lowest BCUT2D eigenvalue weighted by Crippen LogP contribution is -2.30. The number of benzene rings is 1. The van der Waals surface area contributed by atoms with Crippen LogP contribution in [0.2, 0.25) is 0 Å². The molecule has 1 aromatic carbocycles. The van der Waals surface area contributed by atoms with Crippen molar-refractivity contribution in [1.29, 1.82) is 0 Å². The summed E-state index contributed by atoms with van der Waals surface area (Å²) in [6.45, 7) is 0. The third-order valence-electron chi connectivity index (χ3n) is 3.20. The van der Waals surface area contributed by atoms with E-state index < -0.39 is 0 Å². The van der Waals surface area contributed by atoms with Gasteiger partial charge in [-0.3, -0.25) is 16.3 Å². The average Bonchev–Trinajstić information content (AvgIpc) is 2.52. The summed E-state index contributed by atoms with van der Waals surface area (Å²) in [4.78, 5) is 4.02. The van der Waals surface area contributed by atoms with E-state index in [4.69, 9.17) is 15.3 Å². The van der Waals surface area contributed by atoms with Crippen molar-refractivity contribution in [3.63, 3.8) is 0 Å². The van der Waals surface area contributed by atoms with Gasteiger partial charge in [-0.05, 0) is 36.2 Å². The molecule has 0 radical (unpaired) electrons. The van der Waals surface area contributed by atoms with Gasteiger partial charge in [-0.1, -0.05) is 6.07 Å². The Morgan fingerprint density at radius 1 is 1.10 bits per heavy atom. The Hall–Kier alpha value is -2.11. The minimum atomic E-state index is -0.108. The molecular weight excluding hydrogens is 254 g/mol. The van der Waals surface area contributed by atoms with Crippen LogP contribution in [0, 0.1) is 0 Å². The number of ether oxygens (including phenoxy) is 2. The van der Waals surface area contributed by atoms with Crippen molar-refractivity contribution in [1.82, 2.24) is 10.4 Å². The van der Waals surface area contributed by atoms with E-state index in [9.17, 15) is 0 Å². The van der Waals surface area contributed by atoms with E-state index in [1.807, 2.05) is 30.3 Å². The van der Waals surface area contributed by atoms with Crippen LogP contribution >= 0.6 is 0 Å². The van der Waals surface area contributed by atoms with Crippen LogP contribution in [0.25, 0.3) is 0 Å². The summed E-state index contributed by atoms with van der Waals surface area (Å²) in [7, 11) is 3.27. The lowest BCUT2D eigenvalue weighted by molar-refractivity contribution is 0.370. The number of nitrogens with one attached hydrogen (secondary N) is 1. The van der Waals surface area contributed by atoms with Crippen LogP contribution in [0.4, 0.5) is 0 Å². The molecule has 2 aromatic rings. The highest BCUT2D eigenvalue weighted by molar-refractivity contribution is 5.47. The number of methoxy groups -OCH3 is 2. The fourth-order valence-electron chi connectivity index (χ4n) is 2.22. The summed E-state index contributed by atoms with van der Waals surface area (Å²) >= 11 is 0. The fraction of sp³-hybridized carbons (Fsp3) is 0.267. The highest BCUT2D eigenvalue weighted by atomic mass is 16.5. The van der Waals surface area contributed by atoms with Crippen molar-refractivity contribution in [2.24, 2.45) is 5.84 Å². The van der Waals surface area contributed by atoms with Gasteiger partial charge in [-0.2, -0.15) is 0 Å². The maximum atomic E-state index is 5.72. The molecule has 1 unspecified atom stereocenters. The molecule has 20 heavy (non-hydrogen) atoms. The minimum absolute atomic E-state index is 0.108. The Kier molecular flexibility index (Phi) is 4.92. The van der Waals surface area contributed by atoms with Gasteiger partial charge in [0.05, 0.1) is 25.8 Å². The molecule has 0 saturated carbocycles. The van der Waals surface area contributed by atoms with E-state index in [0.29, 0.717) is 0 Å². The predicted molar refractivity (Wildman–Crippen MR) is 77.6 cm³/mol. The smallest absolute Gasteiger partial charge is 0.127 e. The Labute approximate surface area is 118 Å². The second-order valence-electron chi connectivity index (χ2n) is 4.36. The van der Waals surface area contributed by atoms with Crippen molar-refractivity contribution >= 4 is 0 Å². The molecule has 1 heterocycles. The van der Waals surface area contributed by atoms with Crippen LogP contribution < -0.4 is 20.7 Å². The van der Waals surface area contributed by atoms with Gasteiger partial charge in [-0.25, -0.2) is 0 Å². The minimum Gasteiger partial charge on any atom is -0.496 e. The van der Waals surface area contributed by atoms with Gasteiger partial charge >= 0.3 is 0 Å².